The quantitative estimate of drug-likeness (QED) is 0.319. The van der Waals surface area contributed by atoms with Crippen molar-refractivity contribution in [1.82, 2.24) is 31.1 Å². The minimum Gasteiger partial charge on any atom is -0.756 e. The summed E-state index contributed by atoms with van der Waals surface area (Å²) in [6.45, 7) is 0.951. The van der Waals surface area contributed by atoms with Crippen molar-refractivity contribution in [1.29, 1.82) is 0 Å². The van der Waals surface area contributed by atoms with Gasteiger partial charge in [-0.2, -0.15) is 0 Å². The molecular weight excluding hydrogens is 608 g/mol. The molecule has 16 heteroatoms. The summed E-state index contributed by atoms with van der Waals surface area (Å²) < 4.78 is 0. The van der Waals surface area contributed by atoms with Gasteiger partial charge in [-0.1, -0.05) is 0 Å². The molecule has 0 spiro atoms. The molecule has 0 unspecified atom stereocenters. The zero-order chi connectivity index (χ0) is 31.2. The molecule has 1 aliphatic heterocycles. The number of amides is 6. The van der Waals surface area contributed by atoms with Crippen LogP contribution in [0, 0.1) is 15.6 Å². The van der Waals surface area contributed by atoms with E-state index in [-0.39, 0.29) is 92.9 Å². The molecule has 43 heavy (non-hydrogen) atoms. The van der Waals surface area contributed by atoms with E-state index in [4.69, 9.17) is 0 Å². The van der Waals surface area contributed by atoms with Crippen LogP contribution in [-0.2, 0) is 45.8 Å². The Labute approximate surface area is 263 Å². The van der Waals surface area contributed by atoms with Crippen LogP contribution in [0.2, 0.25) is 0 Å². The van der Waals surface area contributed by atoms with E-state index in [1.54, 1.807) is 0 Å². The van der Waals surface area contributed by atoms with E-state index in [9.17, 15) is 44.4 Å². The molecule has 1 aliphatic rings. The molecule has 245 valence electrons. The SMILES string of the molecule is O=C1CCC(=O)N([O-])CCCCCNC(=O)CCC(=O)N([O-])CCCCCNC(=O)CCC(=O)N([O-])CCCCCN1.[Fe+3]. The molecule has 3 N–H and O–H groups in total. The van der Waals surface area contributed by atoms with Gasteiger partial charge in [-0.15, -0.1) is 0 Å². The molecular formula is C27H45FeN6O9. The largest absolute Gasteiger partial charge is 3.00 e. The van der Waals surface area contributed by atoms with Gasteiger partial charge in [0.2, 0.25) is 35.4 Å². The van der Waals surface area contributed by atoms with E-state index in [1.807, 2.05) is 0 Å². The van der Waals surface area contributed by atoms with E-state index in [0.717, 1.165) is 0 Å². The molecule has 0 bridgehead atoms. The van der Waals surface area contributed by atoms with E-state index in [2.05, 4.69) is 16.0 Å². The first-order valence-corrected chi connectivity index (χ1v) is 14.8. The predicted molar refractivity (Wildman–Crippen MR) is 154 cm³/mol. The monoisotopic (exact) mass is 653 g/mol. The molecule has 1 rings (SSSR count). The Kier molecular flexibility index (Phi) is 23.0. The van der Waals surface area contributed by atoms with E-state index in [0.29, 0.717) is 92.6 Å². The Bertz CT molecular complexity index is 771. The summed E-state index contributed by atoms with van der Waals surface area (Å²) in [5, 5.41) is 44.7. The molecule has 0 aliphatic carbocycles. The van der Waals surface area contributed by atoms with Crippen molar-refractivity contribution in [3.05, 3.63) is 15.6 Å². The van der Waals surface area contributed by atoms with Crippen LogP contribution in [0.1, 0.15) is 96.3 Å². The van der Waals surface area contributed by atoms with Crippen molar-refractivity contribution in [2.24, 2.45) is 0 Å². The van der Waals surface area contributed by atoms with Crippen molar-refractivity contribution in [2.75, 3.05) is 39.3 Å². The molecule has 0 saturated carbocycles. The number of carbonyl (C=O) groups is 6. The minimum atomic E-state index is -0.685. The van der Waals surface area contributed by atoms with Crippen LogP contribution in [0.5, 0.6) is 0 Å². The number of hydroxylamine groups is 6. The standard InChI is InChI=1S/C27H45N6O9.Fe/c34-22-10-14-26(38)32(41)20-8-3-6-18-30-24(36)12-15-27(39)33(42)21-9-2-5-17-29-23(35)11-13-25(37)31(40)19-7-1-4-16-28-22;/h1-21H2,(H,28,34)(H,29,35)(H,30,36);/q-3;+3. The fraction of sp³-hybridized carbons (Fsp3) is 0.778. The Balaban J connectivity index is 0.0000176. The predicted octanol–water partition coefficient (Wildman–Crippen LogP) is 1.18. The summed E-state index contributed by atoms with van der Waals surface area (Å²) in [5.74, 6) is -3.15. The first-order valence-electron chi connectivity index (χ1n) is 14.8. The smallest absolute Gasteiger partial charge is 0.756 e. The van der Waals surface area contributed by atoms with Crippen molar-refractivity contribution >= 4 is 35.4 Å². The fourth-order valence-electron chi connectivity index (χ4n) is 4.03. The fourth-order valence-corrected chi connectivity index (χ4v) is 4.03. The normalized spacial score (nSPS) is 20.9. The molecule has 15 nitrogen and oxygen atoms in total. The number of hydrogen-bond donors (Lipinski definition) is 3. The van der Waals surface area contributed by atoms with Gasteiger partial charge in [0.1, 0.15) is 0 Å². The number of carbonyl (C=O) groups excluding carboxylic acids is 6. The van der Waals surface area contributed by atoms with Crippen LogP contribution in [0.25, 0.3) is 0 Å². The average Bonchev–Trinajstić information content (AvgIpc) is 2.97. The van der Waals surface area contributed by atoms with Crippen molar-refractivity contribution in [3.8, 4) is 0 Å². The van der Waals surface area contributed by atoms with Gasteiger partial charge in [0.05, 0.1) is 0 Å². The molecule has 6 amide bonds. The number of rotatable bonds is 0. The van der Waals surface area contributed by atoms with Crippen LogP contribution in [-0.4, -0.2) is 89.9 Å². The van der Waals surface area contributed by atoms with Crippen LogP contribution >= 0.6 is 0 Å². The first kappa shape index (κ1) is 40.2. The van der Waals surface area contributed by atoms with Gasteiger partial charge in [0.25, 0.3) is 0 Å². The van der Waals surface area contributed by atoms with E-state index in [1.165, 1.54) is 0 Å². The minimum absolute atomic E-state index is 0. The molecule has 0 aromatic rings. The Morgan fingerprint density at radius 2 is 0.651 bits per heavy atom. The second-order valence-electron chi connectivity index (χ2n) is 10.2. The van der Waals surface area contributed by atoms with Gasteiger partial charge in [0, 0.05) is 77.8 Å². The van der Waals surface area contributed by atoms with Crippen molar-refractivity contribution in [3.63, 3.8) is 0 Å². The Hall–Kier alpha value is -2.78. The maximum absolute atomic E-state index is 12.0. The van der Waals surface area contributed by atoms with Gasteiger partial charge in [0.15, 0.2) is 0 Å². The topological polar surface area (TPSA) is 217 Å². The van der Waals surface area contributed by atoms with Gasteiger partial charge in [-0.25, -0.2) is 0 Å². The summed E-state index contributed by atoms with van der Waals surface area (Å²) in [5.41, 5.74) is 0. The second kappa shape index (κ2) is 24.6. The third-order valence-corrected chi connectivity index (χ3v) is 6.61. The summed E-state index contributed by atoms with van der Waals surface area (Å²) in [7, 11) is 0. The zero-order valence-corrected chi connectivity index (χ0v) is 25.8. The number of nitrogens with one attached hydrogen (secondary N) is 3. The average molecular weight is 654 g/mol. The molecule has 1 radical (unpaired) electrons. The molecule has 0 aromatic carbocycles. The van der Waals surface area contributed by atoms with Gasteiger partial charge < -0.3 is 46.8 Å². The van der Waals surface area contributed by atoms with Gasteiger partial charge in [-0.3, -0.25) is 28.8 Å². The van der Waals surface area contributed by atoms with Gasteiger partial charge >= 0.3 is 17.1 Å². The number of nitrogens with zero attached hydrogens (tertiary/aromatic N) is 3. The summed E-state index contributed by atoms with van der Waals surface area (Å²) >= 11 is 0. The maximum atomic E-state index is 12.0. The Morgan fingerprint density at radius 1 is 0.395 bits per heavy atom. The first-order chi connectivity index (χ1) is 20.1. The molecule has 0 aromatic heterocycles. The van der Waals surface area contributed by atoms with Crippen LogP contribution in [0.15, 0.2) is 0 Å². The van der Waals surface area contributed by atoms with Crippen molar-refractivity contribution < 1.29 is 45.8 Å². The number of hydrogen-bond acceptors (Lipinski definition) is 9. The van der Waals surface area contributed by atoms with E-state index >= 15 is 0 Å². The molecule has 1 fully saturated rings. The van der Waals surface area contributed by atoms with Crippen molar-refractivity contribution in [2.45, 2.75) is 96.3 Å². The van der Waals surface area contributed by atoms with Gasteiger partial charge in [-0.05, 0) is 57.8 Å². The summed E-state index contributed by atoms with van der Waals surface area (Å²) in [6, 6.07) is 0. The Morgan fingerprint density at radius 3 is 0.907 bits per heavy atom. The molecule has 1 heterocycles. The third-order valence-electron chi connectivity index (χ3n) is 6.61. The second-order valence-corrected chi connectivity index (χ2v) is 10.2. The molecule has 0 atom stereocenters. The maximum Gasteiger partial charge on any atom is 3.00 e. The zero-order valence-electron chi connectivity index (χ0n) is 24.7. The summed E-state index contributed by atoms with van der Waals surface area (Å²) in [4.78, 5) is 71.7. The van der Waals surface area contributed by atoms with Crippen LogP contribution in [0.3, 0.4) is 0 Å². The van der Waals surface area contributed by atoms with Crippen LogP contribution < -0.4 is 16.0 Å². The third kappa shape index (κ3) is 20.7. The van der Waals surface area contributed by atoms with E-state index < -0.39 is 17.7 Å². The van der Waals surface area contributed by atoms with Crippen LogP contribution in [0.4, 0.5) is 0 Å². The molecule has 1 saturated heterocycles. The summed E-state index contributed by atoms with van der Waals surface area (Å²) in [6.07, 6.45) is 3.77.